The fraction of sp³-hybridized carbons (Fsp3) is 0.889. The summed E-state index contributed by atoms with van der Waals surface area (Å²) in [4.78, 5) is 10.9. The van der Waals surface area contributed by atoms with Crippen molar-refractivity contribution >= 4 is 71.8 Å². The molecular formula is C9H14Cl5O6P. The van der Waals surface area contributed by atoms with Crippen LogP contribution in [0.25, 0.3) is 0 Å². The summed E-state index contributed by atoms with van der Waals surface area (Å²) in [5.74, 6) is -2.32. The summed E-state index contributed by atoms with van der Waals surface area (Å²) in [7, 11) is -4.33. The van der Waals surface area contributed by atoms with Crippen LogP contribution in [0.1, 0.15) is 0 Å². The van der Waals surface area contributed by atoms with Crippen LogP contribution in [0.5, 0.6) is 0 Å². The maximum Gasteiger partial charge on any atom is 0.476 e. The Hall–Kier alpha value is 1.03. The van der Waals surface area contributed by atoms with Gasteiger partial charge in [0.2, 0.25) is 0 Å². The first-order valence-electron chi connectivity index (χ1n) is 5.53. The van der Waals surface area contributed by atoms with Crippen molar-refractivity contribution in [1.82, 2.24) is 0 Å². The van der Waals surface area contributed by atoms with Crippen molar-refractivity contribution in [2.45, 2.75) is 18.3 Å². The van der Waals surface area contributed by atoms with Gasteiger partial charge in [-0.05, 0) is 0 Å². The first kappa shape index (κ1) is 22.0. The summed E-state index contributed by atoms with van der Waals surface area (Å²) < 4.78 is 27.5. The predicted octanol–water partition coefficient (Wildman–Crippen LogP) is 3.53. The van der Waals surface area contributed by atoms with Gasteiger partial charge in [-0.25, -0.2) is 9.36 Å². The monoisotopic (exact) mass is 424 g/mol. The summed E-state index contributed by atoms with van der Waals surface area (Å²) in [6.45, 7) is 0. The zero-order valence-corrected chi connectivity index (χ0v) is 15.3. The van der Waals surface area contributed by atoms with E-state index in [1.165, 1.54) is 0 Å². The van der Waals surface area contributed by atoms with E-state index in [-0.39, 0.29) is 23.5 Å². The maximum absolute atomic E-state index is 12.5. The molecule has 0 saturated heterocycles. The number of carboxylic acids is 1. The fourth-order valence-corrected chi connectivity index (χ4v) is 4.13. The minimum Gasteiger partial charge on any atom is -0.479 e. The lowest BCUT2D eigenvalue weighted by Crippen LogP contribution is -2.29. The van der Waals surface area contributed by atoms with E-state index < -0.39 is 38.0 Å². The highest BCUT2D eigenvalue weighted by atomic mass is 35.5. The van der Waals surface area contributed by atoms with Crippen molar-refractivity contribution in [2.24, 2.45) is 0 Å². The van der Waals surface area contributed by atoms with Gasteiger partial charge in [-0.2, -0.15) is 0 Å². The van der Waals surface area contributed by atoms with Crippen molar-refractivity contribution in [3.05, 3.63) is 0 Å². The molecule has 6 nitrogen and oxygen atoms in total. The molecular weight excluding hydrogens is 412 g/mol. The third-order valence-corrected chi connectivity index (χ3v) is 5.20. The van der Waals surface area contributed by atoms with Crippen molar-refractivity contribution in [1.29, 1.82) is 0 Å². The van der Waals surface area contributed by atoms with Gasteiger partial charge in [-0.15, -0.1) is 58.0 Å². The average Bonchev–Trinajstić information content (AvgIpc) is 2.47. The van der Waals surface area contributed by atoms with Crippen LogP contribution in [0.2, 0.25) is 0 Å². The van der Waals surface area contributed by atoms with Crippen LogP contribution in [0, 0.1) is 0 Å². The zero-order valence-electron chi connectivity index (χ0n) is 10.6. The predicted molar refractivity (Wildman–Crippen MR) is 83.5 cm³/mol. The van der Waals surface area contributed by atoms with Gasteiger partial charge in [0.1, 0.15) is 0 Å². The van der Waals surface area contributed by atoms with E-state index in [0.717, 1.165) is 0 Å². The van der Waals surface area contributed by atoms with E-state index in [9.17, 15) is 9.36 Å². The normalized spacial score (nSPS) is 13.9. The Morgan fingerprint density at radius 1 is 0.857 bits per heavy atom. The molecule has 0 aromatic rings. The molecule has 0 aliphatic heterocycles. The molecule has 0 amide bonds. The van der Waals surface area contributed by atoms with Gasteiger partial charge in [0, 0.05) is 0 Å². The molecule has 0 saturated carbocycles. The zero-order chi connectivity index (χ0) is 16.5. The highest BCUT2D eigenvalue weighted by Gasteiger charge is 2.38. The average molecular weight is 426 g/mol. The molecule has 126 valence electrons. The smallest absolute Gasteiger partial charge is 0.476 e. The number of alkyl halides is 5. The first-order valence-corrected chi connectivity index (χ1v) is 9.66. The highest BCUT2D eigenvalue weighted by molar-refractivity contribution is 7.48. The number of phosphoric acid groups is 1. The Kier molecular flexibility index (Phi) is 12.1. The van der Waals surface area contributed by atoms with Crippen LogP contribution in [0.4, 0.5) is 0 Å². The van der Waals surface area contributed by atoms with E-state index in [1.54, 1.807) is 0 Å². The lowest BCUT2D eigenvalue weighted by Gasteiger charge is -2.26. The number of rotatable bonds is 12. The van der Waals surface area contributed by atoms with E-state index in [0.29, 0.717) is 0 Å². The Morgan fingerprint density at radius 2 is 1.24 bits per heavy atom. The number of aliphatic carboxylic acids is 1. The number of halogens is 5. The standard InChI is InChI=1S/C9H14Cl5O6P/c10-1-6(2-11)18-21(17,19-7(3-12)4-13)20-8(5-14)9(15)16/h6-8H,1-5H2,(H,15,16). The van der Waals surface area contributed by atoms with Gasteiger partial charge in [0.05, 0.1) is 41.6 Å². The van der Waals surface area contributed by atoms with Gasteiger partial charge in [-0.1, -0.05) is 0 Å². The van der Waals surface area contributed by atoms with E-state index in [4.69, 9.17) is 76.7 Å². The summed E-state index contributed by atoms with van der Waals surface area (Å²) in [6.07, 6.45) is -3.36. The molecule has 12 heteroatoms. The van der Waals surface area contributed by atoms with Crippen molar-refractivity contribution in [3.63, 3.8) is 0 Å². The Bertz CT molecular complexity index is 334. The third kappa shape index (κ3) is 8.45. The van der Waals surface area contributed by atoms with Gasteiger partial charge in [-0.3, -0.25) is 13.6 Å². The molecule has 0 aromatic heterocycles. The second-order valence-electron chi connectivity index (χ2n) is 3.61. The van der Waals surface area contributed by atoms with Crippen LogP contribution < -0.4 is 0 Å². The number of phosphoric ester groups is 1. The summed E-state index contributed by atoms with van der Waals surface area (Å²) in [5.41, 5.74) is 0. The molecule has 21 heavy (non-hydrogen) atoms. The van der Waals surface area contributed by atoms with Crippen molar-refractivity contribution in [3.8, 4) is 0 Å². The molecule has 0 aliphatic carbocycles. The number of hydrogen-bond donors (Lipinski definition) is 1. The Balaban J connectivity index is 5.13. The van der Waals surface area contributed by atoms with Gasteiger partial charge in [0.15, 0.2) is 6.10 Å². The topological polar surface area (TPSA) is 82.1 Å². The van der Waals surface area contributed by atoms with E-state index >= 15 is 0 Å². The minimum atomic E-state index is -4.33. The van der Waals surface area contributed by atoms with Crippen LogP contribution in [0.3, 0.4) is 0 Å². The van der Waals surface area contributed by atoms with E-state index in [2.05, 4.69) is 0 Å². The molecule has 0 fully saturated rings. The third-order valence-electron chi connectivity index (χ3n) is 1.92. The largest absolute Gasteiger partial charge is 0.479 e. The van der Waals surface area contributed by atoms with Crippen LogP contribution in [-0.4, -0.2) is 58.8 Å². The van der Waals surface area contributed by atoms with Crippen molar-refractivity contribution in [2.75, 3.05) is 29.4 Å². The van der Waals surface area contributed by atoms with Crippen molar-refractivity contribution < 1.29 is 28.0 Å². The summed E-state index contributed by atoms with van der Waals surface area (Å²) >= 11 is 27.7. The summed E-state index contributed by atoms with van der Waals surface area (Å²) in [6, 6.07) is 0. The number of hydrogen-bond acceptors (Lipinski definition) is 5. The first-order chi connectivity index (χ1) is 9.85. The second-order valence-corrected chi connectivity index (χ2v) is 6.68. The lowest BCUT2D eigenvalue weighted by atomic mass is 10.4. The molecule has 1 unspecified atom stereocenters. The molecule has 1 N–H and O–H groups in total. The molecule has 0 aromatic carbocycles. The van der Waals surface area contributed by atoms with E-state index in [1.807, 2.05) is 0 Å². The molecule has 0 rings (SSSR count). The molecule has 0 bridgehead atoms. The van der Waals surface area contributed by atoms with Gasteiger partial charge in [0.25, 0.3) is 0 Å². The molecule has 1 atom stereocenters. The van der Waals surface area contributed by atoms with Gasteiger partial charge < -0.3 is 5.11 Å². The second kappa shape index (κ2) is 11.5. The number of carboxylic acid groups (broad SMARTS) is 1. The fourth-order valence-electron chi connectivity index (χ4n) is 0.930. The molecule has 0 spiro atoms. The summed E-state index contributed by atoms with van der Waals surface area (Å²) in [5, 5.41) is 8.89. The molecule has 0 heterocycles. The van der Waals surface area contributed by atoms with Gasteiger partial charge >= 0.3 is 13.8 Å². The highest BCUT2D eigenvalue weighted by Crippen LogP contribution is 2.53. The molecule has 0 aliphatic rings. The van der Waals surface area contributed by atoms with Crippen LogP contribution >= 0.6 is 65.8 Å². The van der Waals surface area contributed by atoms with Crippen LogP contribution in [-0.2, 0) is 22.9 Å². The number of carbonyl (C=O) groups is 1. The van der Waals surface area contributed by atoms with Crippen LogP contribution in [0.15, 0.2) is 0 Å². The molecule has 0 radical (unpaired) electrons. The Labute approximate surface area is 147 Å². The SMILES string of the molecule is O=C(O)C(CCl)OP(=O)(OC(CCl)CCl)OC(CCl)CCl. The maximum atomic E-state index is 12.5. The lowest BCUT2D eigenvalue weighted by molar-refractivity contribution is -0.145. The Morgan fingerprint density at radius 3 is 1.48 bits per heavy atom. The minimum absolute atomic E-state index is 0.106. The quantitative estimate of drug-likeness (QED) is 0.380.